The molecule has 0 saturated carbocycles. The van der Waals surface area contributed by atoms with Gasteiger partial charge in [0.25, 0.3) is 0 Å². The number of anilines is 3. The third-order valence-corrected chi connectivity index (χ3v) is 4.71. The van der Waals surface area contributed by atoms with Crippen LogP contribution in [0, 0.1) is 10.1 Å². The number of halogens is 1. The van der Waals surface area contributed by atoms with Crippen molar-refractivity contribution >= 4 is 34.6 Å². The Labute approximate surface area is 151 Å². The van der Waals surface area contributed by atoms with E-state index in [2.05, 4.69) is 27.1 Å². The Kier molecular flexibility index (Phi) is 5.33. The molecule has 2 aromatic rings. The molecule has 0 aliphatic carbocycles. The van der Waals surface area contributed by atoms with Crippen LogP contribution in [-0.4, -0.2) is 27.5 Å². The average molecular weight is 362 g/mol. The van der Waals surface area contributed by atoms with E-state index in [9.17, 15) is 10.1 Å². The molecule has 0 spiro atoms. The largest absolute Gasteiger partial charge is 0.353 e. The number of rotatable bonds is 5. The molecule has 1 N–H and O–H groups in total. The van der Waals surface area contributed by atoms with Gasteiger partial charge in [0.05, 0.1) is 4.92 Å². The zero-order valence-electron chi connectivity index (χ0n) is 14.0. The second kappa shape index (κ2) is 7.65. The summed E-state index contributed by atoms with van der Waals surface area (Å²) in [5, 5.41) is 15.4. The highest BCUT2D eigenvalue weighted by molar-refractivity contribution is 6.30. The van der Waals surface area contributed by atoms with Crippen LogP contribution in [-0.2, 0) is 0 Å². The minimum atomic E-state index is -0.408. The van der Waals surface area contributed by atoms with Gasteiger partial charge in [-0.15, -0.1) is 0 Å². The Bertz CT molecular complexity index is 753. The fourth-order valence-corrected chi connectivity index (χ4v) is 3.34. The molecular weight excluding hydrogens is 342 g/mol. The standard InChI is InChI=1S/C17H20ClN5O2/c1-2-14-5-3-4-10-22(14)17-15(23(24)25)16(19-11-20-17)21-13-8-6-12(18)7-9-13/h6-9,11,14H,2-5,10H2,1H3,(H,19,20,21). The van der Waals surface area contributed by atoms with Crippen LogP contribution in [0.5, 0.6) is 0 Å². The van der Waals surface area contributed by atoms with Crippen molar-refractivity contribution < 1.29 is 4.92 Å². The van der Waals surface area contributed by atoms with Gasteiger partial charge in [0, 0.05) is 23.3 Å². The van der Waals surface area contributed by atoms with Crippen LogP contribution >= 0.6 is 11.6 Å². The Balaban J connectivity index is 1.99. The van der Waals surface area contributed by atoms with Gasteiger partial charge < -0.3 is 10.2 Å². The van der Waals surface area contributed by atoms with Gasteiger partial charge in [-0.2, -0.15) is 0 Å². The van der Waals surface area contributed by atoms with Crippen LogP contribution in [0.15, 0.2) is 30.6 Å². The number of piperidine rings is 1. The fraction of sp³-hybridized carbons (Fsp3) is 0.412. The van der Waals surface area contributed by atoms with Crippen LogP contribution in [0.2, 0.25) is 5.02 Å². The molecule has 1 atom stereocenters. The molecule has 1 aromatic carbocycles. The summed E-state index contributed by atoms with van der Waals surface area (Å²) in [7, 11) is 0. The molecule has 2 heterocycles. The normalized spacial score (nSPS) is 17.4. The van der Waals surface area contributed by atoms with Crippen LogP contribution in [0.3, 0.4) is 0 Å². The SMILES string of the molecule is CCC1CCCCN1c1ncnc(Nc2ccc(Cl)cc2)c1[N+](=O)[O-]. The number of hydrogen-bond donors (Lipinski definition) is 1. The smallest absolute Gasteiger partial charge is 0.348 e. The Morgan fingerprint density at radius 3 is 2.76 bits per heavy atom. The van der Waals surface area contributed by atoms with E-state index in [-0.39, 0.29) is 17.5 Å². The van der Waals surface area contributed by atoms with Gasteiger partial charge in [0.2, 0.25) is 11.6 Å². The maximum atomic E-state index is 11.8. The molecule has 1 aromatic heterocycles. The maximum absolute atomic E-state index is 11.8. The van der Waals surface area contributed by atoms with E-state index in [1.54, 1.807) is 24.3 Å². The predicted octanol–water partition coefficient (Wildman–Crippen LogP) is 4.55. The Hall–Kier alpha value is -2.41. The van der Waals surface area contributed by atoms with Crippen molar-refractivity contribution in [3.8, 4) is 0 Å². The lowest BCUT2D eigenvalue weighted by Crippen LogP contribution is -2.40. The van der Waals surface area contributed by atoms with Crippen molar-refractivity contribution in [1.29, 1.82) is 0 Å². The molecule has 3 rings (SSSR count). The molecule has 132 valence electrons. The van der Waals surface area contributed by atoms with E-state index in [0.29, 0.717) is 16.5 Å². The first kappa shape index (κ1) is 17.4. The summed E-state index contributed by atoms with van der Waals surface area (Å²) >= 11 is 5.89. The molecule has 0 amide bonds. The fourth-order valence-electron chi connectivity index (χ4n) is 3.21. The average Bonchev–Trinajstić information content (AvgIpc) is 2.63. The van der Waals surface area contributed by atoms with E-state index in [1.165, 1.54) is 6.33 Å². The number of benzene rings is 1. The van der Waals surface area contributed by atoms with Gasteiger partial charge in [-0.05, 0) is 49.9 Å². The second-order valence-electron chi connectivity index (χ2n) is 6.03. The lowest BCUT2D eigenvalue weighted by atomic mass is 10.00. The molecule has 0 radical (unpaired) electrons. The molecule has 1 saturated heterocycles. The number of aromatic nitrogens is 2. The first-order valence-electron chi connectivity index (χ1n) is 8.38. The minimum absolute atomic E-state index is 0.0854. The van der Waals surface area contributed by atoms with E-state index in [4.69, 9.17) is 11.6 Å². The van der Waals surface area contributed by atoms with Gasteiger partial charge in [-0.1, -0.05) is 18.5 Å². The molecule has 1 aliphatic heterocycles. The van der Waals surface area contributed by atoms with Crippen molar-refractivity contribution in [3.63, 3.8) is 0 Å². The first-order chi connectivity index (χ1) is 12.1. The number of nitrogens with zero attached hydrogens (tertiary/aromatic N) is 4. The van der Waals surface area contributed by atoms with Crippen LogP contribution < -0.4 is 10.2 Å². The third-order valence-electron chi connectivity index (χ3n) is 4.46. The van der Waals surface area contributed by atoms with E-state index in [1.807, 2.05) is 0 Å². The molecule has 25 heavy (non-hydrogen) atoms. The Morgan fingerprint density at radius 2 is 2.08 bits per heavy atom. The lowest BCUT2D eigenvalue weighted by Gasteiger charge is -2.35. The summed E-state index contributed by atoms with van der Waals surface area (Å²) < 4.78 is 0. The zero-order chi connectivity index (χ0) is 17.8. The number of hydrogen-bond acceptors (Lipinski definition) is 6. The van der Waals surface area contributed by atoms with Crippen LogP contribution in [0.4, 0.5) is 23.0 Å². The summed E-state index contributed by atoms with van der Waals surface area (Å²) in [5.41, 5.74) is 0.598. The van der Waals surface area contributed by atoms with Gasteiger partial charge in [-0.25, -0.2) is 9.97 Å². The summed E-state index contributed by atoms with van der Waals surface area (Å²) in [6.07, 6.45) is 5.49. The van der Waals surface area contributed by atoms with Crippen molar-refractivity contribution in [2.75, 3.05) is 16.8 Å². The maximum Gasteiger partial charge on any atom is 0.353 e. The molecule has 0 bridgehead atoms. The predicted molar refractivity (Wildman–Crippen MR) is 98.7 cm³/mol. The van der Waals surface area contributed by atoms with Crippen molar-refractivity contribution in [2.24, 2.45) is 0 Å². The number of nitro groups is 1. The summed E-state index contributed by atoms with van der Waals surface area (Å²) in [5.74, 6) is 0.584. The molecule has 8 heteroatoms. The van der Waals surface area contributed by atoms with E-state index in [0.717, 1.165) is 32.2 Å². The molecule has 7 nitrogen and oxygen atoms in total. The highest BCUT2D eigenvalue weighted by Crippen LogP contribution is 2.37. The zero-order valence-corrected chi connectivity index (χ0v) is 14.7. The molecule has 1 unspecified atom stereocenters. The lowest BCUT2D eigenvalue weighted by molar-refractivity contribution is -0.383. The van der Waals surface area contributed by atoms with Crippen LogP contribution in [0.25, 0.3) is 0 Å². The molecule has 1 aliphatic rings. The first-order valence-corrected chi connectivity index (χ1v) is 8.76. The van der Waals surface area contributed by atoms with E-state index < -0.39 is 4.92 Å². The number of nitrogens with one attached hydrogen (secondary N) is 1. The summed E-state index contributed by atoms with van der Waals surface area (Å²) in [6, 6.07) is 7.21. The summed E-state index contributed by atoms with van der Waals surface area (Å²) in [6.45, 7) is 2.87. The topological polar surface area (TPSA) is 84.2 Å². The monoisotopic (exact) mass is 361 g/mol. The molecule has 1 fully saturated rings. The van der Waals surface area contributed by atoms with Crippen molar-refractivity contribution in [3.05, 3.63) is 45.7 Å². The van der Waals surface area contributed by atoms with Crippen molar-refractivity contribution in [1.82, 2.24) is 9.97 Å². The Morgan fingerprint density at radius 1 is 1.32 bits per heavy atom. The van der Waals surface area contributed by atoms with Gasteiger partial charge in [-0.3, -0.25) is 10.1 Å². The highest BCUT2D eigenvalue weighted by atomic mass is 35.5. The second-order valence-corrected chi connectivity index (χ2v) is 6.47. The van der Waals surface area contributed by atoms with Gasteiger partial charge in [0.15, 0.2) is 0 Å². The highest BCUT2D eigenvalue weighted by Gasteiger charge is 2.31. The van der Waals surface area contributed by atoms with E-state index >= 15 is 0 Å². The van der Waals surface area contributed by atoms with Gasteiger partial charge >= 0.3 is 5.69 Å². The summed E-state index contributed by atoms with van der Waals surface area (Å²) in [4.78, 5) is 21.8. The third kappa shape index (κ3) is 3.82. The van der Waals surface area contributed by atoms with Crippen molar-refractivity contribution in [2.45, 2.75) is 38.6 Å². The van der Waals surface area contributed by atoms with Crippen LogP contribution in [0.1, 0.15) is 32.6 Å². The van der Waals surface area contributed by atoms with Gasteiger partial charge in [0.1, 0.15) is 6.33 Å². The quantitative estimate of drug-likeness (QED) is 0.621. The minimum Gasteiger partial charge on any atom is -0.348 e. The molecular formula is C17H20ClN5O2.